The van der Waals surface area contributed by atoms with Crippen LogP contribution < -0.4 is 5.32 Å². The van der Waals surface area contributed by atoms with Gasteiger partial charge in [0, 0.05) is 22.5 Å². The topological polar surface area (TPSA) is 12.0 Å². The first-order valence-electron chi connectivity index (χ1n) is 7.05. The van der Waals surface area contributed by atoms with E-state index in [1.165, 1.54) is 29.3 Å². The fourth-order valence-corrected chi connectivity index (χ4v) is 3.28. The fourth-order valence-electron chi connectivity index (χ4n) is 3.02. The summed E-state index contributed by atoms with van der Waals surface area (Å²) in [5.74, 6) is 0.919. The Hall–Kier alpha value is -0.340. The zero-order valence-electron chi connectivity index (χ0n) is 11.7. The number of halogens is 1. The Labute approximate surface area is 119 Å². The van der Waals surface area contributed by atoms with Gasteiger partial charge < -0.3 is 5.32 Å². The third-order valence-electron chi connectivity index (χ3n) is 4.24. The van der Waals surface area contributed by atoms with Gasteiger partial charge in [-0.05, 0) is 36.5 Å². The van der Waals surface area contributed by atoms with Crippen LogP contribution in [0.1, 0.15) is 45.6 Å². The Morgan fingerprint density at radius 1 is 1.28 bits per heavy atom. The third kappa shape index (κ3) is 2.97. The zero-order valence-corrected chi connectivity index (χ0v) is 13.3. The van der Waals surface area contributed by atoms with Crippen LogP contribution in [-0.4, -0.2) is 12.6 Å². The third-order valence-corrected chi connectivity index (χ3v) is 4.77. The Balaban J connectivity index is 2.13. The number of hydrogen-bond donors (Lipinski definition) is 1. The summed E-state index contributed by atoms with van der Waals surface area (Å²) >= 11 is 3.52. The summed E-state index contributed by atoms with van der Waals surface area (Å²) in [6.45, 7) is 7.88. The quantitative estimate of drug-likeness (QED) is 0.844. The molecule has 0 saturated heterocycles. The van der Waals surface area contributed by atoms with E-state index in [4.69, 9.17) is 0 Å². The average Bonchev–Trinajstić information content (AvgIpc) is 2.29. The normalized spacial score (nSPS) is 27.3. The van der Waals surface area contributed by atoms with Gasteiger partial charge in [-0.25, -0.2) is 0 Å². The SMILES string of the molecule is CCC1CC(CNC(C)C)(c2ccc(Br)cc2)C1. The molecule has 100 valence electrons. The van der Waals surface area contributed by atoms with Gasteiger partial charge in [0.1, 0.15) is 0 Å². The van der Waals surface area contributed by atoms with E-state index in [1.807, 2.05) is 0 Å². The van der Waals surface area contributed by atoms with E-state index < -0.39 is 0 Å². The van der Waals surface area contributed by atoms with Gasteiger partial charge in [0.05, 0.1) is 0 Å². The minimum absolute atomic E-state index is 0.381. The van der Waals surface area contributed by atoms with Gasteiger partial charge in [-0.2, -0.15) is 0 Å². The lowest BCUT2D eigenvalue weighted by Crippen LogP contribution is -2.49. The first kappa shape index (κ1) is 14.1. The van der Waals surface area contributed by atoms with Gasteiger partial charge in [0.25, 0.3) is 0 Å². The van der Waals surface area contributed by atoms with E-state index in [9.17, 15) is 0 Å². The zero-order chi connectivity index (χ0) is 13.2. The molecule has 0 bridgehead atoms. The summed E-state index contributed by atoms with van der Waals surface area (Å²) in [6, 6.07) is 9.49. The van der Waals surface area contributed by atoms with E-state index >= 15 is 0 Å². The van der Waals surface area contributed by atoms with Crippen molar-refractivity contribution < 1.29 is 0 Å². The molecule has 1 saturated carbocycles. The van der Waals surface area contributed by atoms with Crippen LogP contribution >= 0.6 is 15.9 Å². The number of nitrogens with one attached hydrogen (secondary N) is 1. The van der Waals surface area contributed by atoms with Gasteiger partial charge in [-0.3, -0.25) is 0 Å². The molecule has 0 aromatic heterocycles. The molecule has 0 radical (unpaired) electrons. The van der Waals surface area contributed by atoms with Gasteiger partial charge in [-0.1, -0.05) is 55.3 Å². The molecule has 2 heteroatoms. The molecular weight excluding hydrogens is 286 g/mol. The highest BCUT2D eigenvalue weighted by Crippen LogP contribution is 2.48. The molecule has 0 unspecified atom stereocenters. The second kappa shape index (κ2) is 5.75. The van der Waals surface area contributed by atoms with Crippen molar-refractivity contribution in [3.05, 3.63) is 34.3 Å². The Morgan fingerprint density at radius 2 is 1.89 bits per heavy atom. The summed E-state index contributed by atoms with van der Waals surface area (Å²) in [7, 11) is 0. The van der Waals surface area contributed by atoms with Crippen molar-refractivity contribution in [3.63, 3.8) is 0 Å². The molecule has 0 amide bonds. The monoisotopic (exact) mass is 309 g/mol. The molecule has 18 heavy (non-hydrogen) atoms. The standard InChI is InChI=1S/C16H24BrN/c1-4-13-9-16(10-13,11-18-12(2)3)14-5-7-15(17)8-6-14/h5-8,12-13,18H,4,9-11H2,1-3H3. The molecule has 0 atom stereocenters. The minimum Gasteiger partial charge on any atom is -0.314 e. The smallest absolute Gasteiger partial charge is 0.0175 e. The molecule has 1 aliphatic rings. The average molecular weight is 310 g/mol. The molecular formula is C16H24BrN. The lowest BCUT2D eigenvalue weighted by molar-refractivity contribution is 0.131. The van der Waals surface area contributed by atoms with Crippen molar-refractivity contribution in [2.45, 2.75) is 51.5 Å². The van der Waals surface area contributed by atoms with Crippen LogP contribution in [-0.2, 0) is 5.41 Å². The minimum atomic E-state index is 0.381. The van der Waals surface area contributed by atoms with E-state index in [0.717, 1.165) is 12.5 Å². The second-order valence-corrected chi connectivity index (χ2v) is 6.92. The number of benzene rings is 1. The van der Waals surface area contributed by atoms with Crippen LogP contribution in [0.5, 0.6) is 0 Å². The summed E-state index contributed by atoms with van der Waals surface area (Å²) in [6.07, 6.45) is 4.00. The lowest BCUT2D eigenvalue weighted by Gasteiger charge is -2.49. The predicted octanol–water partition coefficient (Wildman–Crippen LogP) is 4.50. The Bertz CT molecular complexity index is 377. The summed E-state index contributed by atoms with van der Waals surface area (Å²) in [4.78, 5) is 0. The predicted molar refractivity (Wildman–Crippen MR) is 82.0 cm³/mol. The molecule has 2 rings (SSSR count). The first-order chi connectivity index (χ1) is 8.55. The molecule has 0 heterocycles. The first-order valence-corrected chi connectivity index (χ1v) is 7.84. The van der Waals surface area contributed by atoms with Crippen LogP contribution in [0, 0.1) is 5.92 Å². The molecule has 0 spiro atoms. The van der Waals surface area contributed by atoms with Gasteiger partial charge in [0.15, 0.2) is 0 Å². The molecule has 1 fully saturated rings. The van der Waals surface area contributed by atoms with Crippen molar-refractivity contribution in [1.82, 2.24) is 5.32 Å². The molecule has 1 nitrogen and oxygen atoms in total. The highest BCUT2D eigenvalue weighted by molar-refractivity contribution is 9.10. The fraction of sp³-hybridized carbons (Fsp3) is 0.625. The largest absolute Gasteiger partial charge is 0.314 e. The van der Waals surface area contributed by atoms with E-state index in [0.29, 0.717) is 11.5 Å². The van der Waals surface area contributed by atoms with Crippen molar-refractivity contribution in [1.29, 1.82) is 0 Å². The van der Waals surface area contributed by atoms with Gasteiger partial charge in [-0.15, -0.1) is 0 Å². The van der Waals surface area contributed by atoms with E-state index in [2.05, 4.69) is 66.3 Å². The van der Waals surface area contributed by atoms with Crippen molar-refractivity contribution in [3.8, 4) is 0 Å². The summed E-state index contributed by atoms with van der Waals surface area (Å²) in [5.41, 5.74) is 1.88. The van der Waals surface area contributed by atoms with Crippen LogP contribution in [0.3, 0.4) is 0 Å². The van der Waals surface area contributed by atoms with Crippen LogP contribution in [0.2, 0.25) is 0 Å². The molecule has 1 N–H and O–H groups in total. The van der Waals surface area contributed by atoms with Crippen LogP contribution in [0.25, 0.3) is 0 Å². The molecule has 1 aromatic carbocycles. The maximum atomic E-state index is 3.63. The van der Waals surface area contributed by atoms with Crippen molar-refractivity contribution in [2.24, 2.45) is 5.92 Å². The highest BCUT2D eigenvalue weighted by Gasteiger charge is 2.44. The van der Waals surface area contributed by atoms with Crippen LogP contribution in [0.4, 0.5) is 0 Å². The van der Waals surface area contributed by atoms with E-state index in [1.54, 1.807) is 0 Å². The Morgan fingerprint density at radius 3 is 2.39 bits per heavy atom. The summed E-state index contributed by atoms with van der Waals surface area (Å²) < 4.78 is 1.17. The van der Waals surface area contributed by atoms with Gasteiger partial charge >= 0.3 is 0 Å². The van der Waals surface area contributed by atoms with Crippen molar-refractivity contribution in [2.75, 3.05) is 6.54 Å². The maximum absolute atomic E-state index is 3.63. The lowest BCUT2D eigenvalue weighted by atomic mass is 9.58. The maximum Gasteiger partial charge on any atom is 0.0175 e. The Kier molecular flexibility index (Phi) is 4.50. The summed E-state index contributed by atoms with van der Waals surface area (Å²) in [5, 5.41) is 3.63. The molecule has 1 aliphatic carbocycles. The molecule has 1 aromatic rings. The molecule has 0 aliphatic heterocycles. The number of hydrogen-bond acceptors (Lipinski definition) is 1. The second-order valence-electron chi connectivity index (χ2n) is 6.01. The number of rotatable bonds is 5. The van der Waals surface area contributed by atoms with Gasteiger partial charge in [0.2, 0.25) is 0 Å². The highest BCUT2D eigenvalue weighted by atomic mass is 79.9. The van der Waals surface area contributed by atoms with Crippen LogP contribution in [0.15, 0.2) is 28.7 Å². The van der Waals surface area contributed by atoms with E-state index in [-0.39, 0.29) is 0 Å². The van der Waals surface area contributed by atoms with Crippen molar-refractivity contribution >= 4 is 15.9 Å².